The van der Waals surface area contributed by atoms with E-state index in [2.05, 4.69) is 55.1 Å². The van der Waals surface area contributed by atoms with Crippen LogP contribution >= 0.6 is 0 Å². The topological polar surface area (TPSA) is 216 Å². The van der Waals surface area contributed by atoms with Gasteiger partial charge in [-0.25, -0.2) is 29.9 Å². The van der Waals surface area contributed by atoms with Gasteiger partial charge in [-0.3, -0.25) is 29.0 Å². The average molecular weight is 1010 g/mol. The molecule has 390 valence electrons. The second kappa shape index (κ2) is 22.4. The molecular formula is C54H69N15O5. The van der Waals surface area contributed by atoms with Crippen molar-refractivity contribution in [2.75, 3.05) is 113 Å². The number of Topliss-reactive ketones (excluding diaryl/α,β-unsaturated/α-hetero) is 2. The first-order valence-corrected chi connectivity index (χ1v) is 26.5. The van der Waals surface area contributed by atoms with Gasteiger partial charge in [-0.05, 0) is 64.6 Å². The van der Waals surface area contributed by atoms with Gasteiger partial charge in [-0.1, -0.05) is 25.7 Å². The molecule has 6 aromatic rings. The minimum atomic E-state index is -0.228. The molecular weight excluding hydrogens is 939 g/mol. The van der Waals surface area contributed by atoms with Crippen LogP contribution in [0.2, 0.25) is 0 Å². The lowest BCUT2D eigenvalue weighted by Crippen LogP contribution is -2.48. The van der Waals surface area contributed by atoms with Crippen LogP contribution in [0.5, 0.6) is 0 Å². The Morgan fingerprint density at radius 2 is 1.04 bits per heavy atom. The van der Waals surface area contributed by atoms with Crippen LogP contribution in [0, 0.1) is 13.8 Å². The minimum Gasteiger partial charge on any atom is -0.395 e. The van der Waals surface area contributed by atoms with E-state index >= 15 is 0 Å². The Labute approximate surface area is 430 Å². The Hall–Kier alpha value is -6.74. The molecule has 0 atom stereocenters. The zero-order chi connectivity index (χ0) is 51.5. The molecule has 2 saturated carbocycles. The van der Waals surface area contributed by atoms with Crippen molar-refractivity contribution in [3.63, 3.8) is 0 Å². The zero-order valence-corrected chi connectivity index (χ0v) is 43.2. The van der Waals surface area contributed by atoms with E-state index in [-0.39, 0.29) is 58.9 Å². The largest absolute Gasteiger partial charge is 0.395 e. The molecule has 2 aliphatic heterocycles. The lowest BCUT2D eigenvalue weighted by molar-refractivity contribution is 0.0962. The molecule has 10 rings (SSSR count). The summed E-state index contributed by atoms with van der Waals surface area (Å²) in [5.74, 6) is 3.41. The van der Waals surface area contributed by atoms with Crippen molar-refractivity contribution in [2.45, 2.75) is 90.6 Å². The van der Waals surface area contributed by atoms with Crippen molar-refractivity contribution in [3.05, 3.63) is 92.3 Å². The van der Waals surface area contributed by atoms with Gasteiger partial charge >= 0.3 is 0 Å². The fraction of sp³-hybridized carbons (Fsp3) is 0.519. The predicted octanol–water partition coefficient (Wildman–Crippen LogP) is 5.66. The fourth-order valence-electron chi connectivity index (χ4n) is 11.6. The molecule has 2 aliphatic carbocycles. The number of aliphatic hydroxyl groups excluding tert-OH is 1. The van der Waals surface area contributed by atoms with Crippen LogP contribution in [-0.4, -0.2) is 163 Å². The van der Waals surface area contributed by atoms with Crippen LogP contribution in [0.25, 0.3) is 21.8 Å². The number of aryl methyl sites for hydroxylation is 2. The number of anilines is 6. The van der Waals surface area contributed by atoms with Crippen LogP contribution in [0.1, 0.15) is 109 Å². The minimum absolute atomic E-state index is 0.00864. The summed E-state index contributed by atoms with van der Waals surface area (Å²) in [6, 6.07) is 3.84. The van der Waals surface area contributed by atoms with Crippen molar-refractivity contribution < 1.29 is 14.7 Å². The third kappa shape index (κ3) is 10.8. The highest BCUT2D eigenvalue weighted by Gasteiger charge is 2.29. The maximum atomic E-state index is 14.5. The van der Waals surface area contributed by atoms with E-state index in [1.54, 1.807) is 37.2 Å². The van der Waals surface area contributed by atoms with Crippen LogP contribution in [0.3, 0.4) is 0 Å². The summed E-state index contributed by atoms with van der Waals surface area (Å²) in [5.41, 5.74) is 2.91. The maximum absolute atomic E-state index is 14.5. The summed E-state index contributed by atoms with van der Waals surface area (Å²) in [4.78, 5) is 94.1. The molecule has 0 spiro atoms. The van der Waals surface area contributed by atoms with E-state index in [4.69, 9.17) is 9.97 Å². The number of aliphatic hydroxyl groups is 1. The Kier molecular flexibility index (Phi) is 15.4. The van der Waals surface area contributed by atoms with Crippen molar-refractivity contribution in [1.82, 2.24) is 53.7 Å². The van der Waals surface area contributed by atoms with E-state index < -0.39 is 0 Å². The van der Waals surface area contributed by atoms with Crippen molar-refractivity contribution in [2.24, 2.45) is 0 Å². The van der Waals surface area contributed by atoms with Crippen LogP contribution in [0.15, 0.2) is 58.9 Å². The molecule has 8 heterocycles. The Morgan fingerprint density at radius 1 is 0.595 bits per heavy atom. The van der Waals surface area contributed by atoms with Gasteiger partial charge in [0.2, 0.25) is 0 Å². The second-order valence-electron chi connectivity index (χ2n) is 20.6. The second-order valence-corrected chi connectivity index (χ2v) is 20.6. The van der Waals surface area contributed by atoms with Gasteiger partial charge in [-0.15, -0.1) is 0 Å². The number of pyridine rings is 4. The lowest BCUT2D eigenvalue weighted by atomic mass is 9.99. The summed E-state index contributed by atoms with van der Waals surface area (Å²) < 4.78 is 3.67. The van der Waals surface area contributed by atoms with Gasteiger partial charge < -0.3 is 39.6 Å². The van der Waals surface area contributed by atoms with Crippen LogP contribution in [0.4, 0.5) is 34.9 Å². The molecule has 4 fully saturated rings. The number of likely N-dealkylation sites (N-methyl/N-ethyl adjacent to an activating group) is 1. The number of ketones is 2. The SMILES string of the molecule is CC(=O)c1c(C)c2cnc(Nc3cnc(N4CCN(CCN(C)CCC(=O)c5c(C)c6cnc(Nc7cnc(N8CCN(CCO)CC8)cn7)cc6n(C6CCCC6)c5=O)CC4)cn3)cc2n(C2CCCC2)c1=O. The summed E-state index contributed by atoms with van der Waals surface area (Å²) in [6.45, 7) is 14.8. The van der Waals surface area contributed by atoms with Crippen molar-refractivity contribution in [3.8, 4) is 0 Å². The summed E-state index contributed by atoms with van der Waals surface area (Å²) in [5, 5.41) is 17.4. The highest BCUT2D eigenvalue weighted by molar-refractivity contribution is 6.02. The summed E-state index contributed by atoms with van der Waals surface area (Å²) in [6.07, 6.45) is 18.4. The van der Waals surface area contributed by atoms with E-state index in [0.717, 1.165) is 150 Å². The van der Waals surface area contributed by atoms with Gasteiger partial charge in [-0.2, -0.15) is 0 Å². The Morgan fingerprint density at radius 3 is 1.49 bits per heavy atom. The molecule has 3 N–H and O–H groups in total. The molecule has 6 aromatic heterocycles. The Bertz CT molecular complexity index is 3120. The third-order valence-corrected chi connectivity index (χ3v) is 15.8. The van der Waals surface area contributed by atoms with Crippen molar-refractivity contribution >= 4 is 68.3 Å². The number of β-amino-alcohol motifs (C(OH)–C–C–N with tert-alkyl or cyclic N) is 1. The number of carbonyl (C=O) groups is 2. The number of rotatable bonds is 18. The molecule has 74 heavy (non-hydrogen) atoms. The fourth-order valence-corrected chi connectivity index (χ4v) is 11.6. The van der Waals surface area contributed by atoms with E-state index in [1.807, 2.05) is 42.2 Å². The molecule has 0 bridgehead atoms. The molecule has 0 amide bonds. The van der Waals surface area contributed by atoms with E-state index in [0.29, 0.717) is 47.5 Å². The first-order chi connectivity index (χ1) is 35.9. The highest BCUT2D eigenvalue weighted by atomic mass is 16.3. The number of hydrogen-bond acceptors (Lipinski definition) is 18. The molecule has 4 aliphatic rings. The zero-order valence-electron chi connectivity index (χ0n) is 43.2. The normalized spacial score (nSPS) is 17.3. The summed E-state index contributed by atoms with van der Waals surface area (Å²) in [7, 11) is 2.03. The predicted molar refractivity (Wildman–Crippen MR) is 288 cm³/mol. The molecule has 20 heteroatoms. The van der Waals surface area contributed by atoms with Crippen molar-refractivity contribution in [1.29, 1.82) is 0 Å². The van der Waals surface area contributed by atoms with Gasteiger partial charge in [0.05, 0.1) is 53.6 Å². The van der Waals surface area contributed by atoms with E-state index in [9.17, 15) is 24.3 Å². The van der Waals surface area contributed by atoms with Gasteiger partial charge in [0.25, 0.3) is 11.1 Å². The van der Waals surface area contributed by atoms with Gasteiger partial charge in [0.1, 0.15) is 34.9 Å². The number of hydrogen-bond donors (Lipinski definition) is 3. The first kappa shape index (κ1) is 50.8. The monoisotopic (exact) mass is 1010 g/mol. The number of nitrogens with one attached hydrogen (secondary N) is 2. The highest BCUT2D eigenvalue weighted by Crippen LogP contribution is 2.35. The van der Waals surface area contributed by atoms with E-state index in [1.165, 1.54) is 6.92 Å². The lowest BCUT2D eigenvalue weighted by Gasteiger charge is -2.35. The number of fused-ring (bicyclic) bond motifs is 2. The number of piperazine rings is 2. The van der Waals surface area contributed by atoms with Crippen LogP contribution < -0.4 is 31.6 Å². The van der Waals surface area contributed by atoms with Crippen LogP contribution in [-0.2, 0) is 0 Å². The quantitative estimate of drug-likeness (QED) is 0.0885. The molecule has 0 aromatic carbocycles. The maximum Gasteiger partial charge on any atom is 0.262 e. The molecule has 2 saturated heterocycles. The van der Waals surface area contributed by atoms with Gasteiger partial charge in [0.15, 0.2) is 11.6 Å². The summed E-state index contributed by atoms with van der Waals surface area (Å²) >= 11 is 0. The molecule has 20 nitrogen and oxygen atoms in total. The number of aromatic nitrogens is 8. The smallest absolute Gasteiger partial charge is 0.262 e. The molecule has 0 radical (unpaired) electrons. The standard InChI is InChI=1S/C54H69N15O5/c1-35-40-29-55-45(27-42(40)68(38-9-5-6-10-38)53(73)51(35)37(3)71)61-47-31-59-49(33-57-47)66-21-17-64(18-22-66)16-15-63(4)14-13-44(72)52-36(2)41-30-56-46(28-43(41)69(54(52)74)39-11-7-8-12-39)62-48-32-60-50(34-58-48)67-23-19-65(20-24-67)25-26-70/h27-34,38-39,70H,5-26H2,1-4H3,(H,55,57,61)(H,56,58,62). The third-order valence-electron chi connectivity index (χ3n) is 15.8. The average Bonchev–Trinajstić information content (AvgIpc) is 4.15. The number of carbonyl (C=O) groups excluding carboxylic acids is 2. The number of nitrogens with zero attached hydrogens (tertiary/aromatic N) is 13. The molecule has 0 unspecified atom stereocenters. The van der Waals surface area contributed by atoms with Gasteiger partial charge in [0, 0.05) is 132 Å². The first-order valence-electron chi connectivity index (χ1n) is 26.5. The Balaban J connectivity index is 0.724.